The first-order chi connectivity index (χ1) is 17.9. The van der Waals surface area contributed by atoms with E-state index in [-0.39, 0.29) is 24.5 Å². The van der Waals surface area contributed by atoms with Crippen molar-refractivity contribution in [2.45, 2.75) is 26.8 Å². The van der Waals surface area contributed by atoms with Crippen molar-refractivity contribution in [2.75, 3.05) is 27.6 Å². The van der Waals surface area contributed by atoms with Gasteiger partial charge in [-0.25, -0.2) is 9.79 Å². The fourth-order valence-electron chi connectivity index (χ4n) is 4.49. The molecule has 2 aliphatic rings. The average molecular weight is 523 g/mol. The molecular weight excluding hydrogens is 496 g/mol. The lowest BCUT2D eigenvalue weighted by Crippen LogP contribution is -2.40. The Morgan fingerprint density at radius 3 is 2.62 bits per heavy atom. The number of benzene rings is 2. The van der Waals surface area contributed by atoms with Gasteiger partial charge in [0.2, 0.25) is 6.79 Å². The number of allylic oxidation sites excluding steroid dienone is 1. The van der Waals surface area contributed by atoms with E-state index in [1.54, 1.807) is 39.2 Å². The third kappa shape index (κ3) is 4.27. The number of esters is 1. The van der Waals surface area contributed by atoms with Crippen LogP contribution in [0.3, 0.4) is 0 Å². The Balaban J connectivity index is 1.74. The summed E-state index contributed by atoms with van der Waals surface area (Å²) in [5.41, 5.74) is 2.86. The van der Waals surface area contributed by atoms with Crippen molar-refractivity contribution in [3.63, 3.8) is 0 Å². The summed E-state index contributed by atoms with van der Waals surface area (Å²) in [5.74, 6) is 1.84. The second-order valence-corrected chi connectivity index (χ2v) is 9.48. The van der Waals surface area contributed by atoms with E-state index in [1.807, 2.05) is 25.1 Å². The van der Waals surface area contributed by atoms with Gasteiger partial charge in [-0.2, -0.15) is 0 Å². The summed E-state index contributed by atoms with van der Waals surface area (Å²) in [6, 6.07) is 8.23. The first-order valence-electron chi connectivity index (χ1n) is 11.7. The van der Waals surface area contributed by atoms with Gasteiger partial charge in [-0.05, 0) is 62.2 Å². The van der Waals surface area contributed by atoms with Crippen LogP contribution in [0.4, 0.5) is 0 Å². The van der Waals surface area contributed by atoms with Gasteiger partial charge in [0.15, 0.2) is 16.3 Å². The molecular formula is C27H26N2O7S. The first kappa shape index (κ1) is 24.6. The summed E-state index contributed by atoms with van der Waals surface area (Å²) in [5, 5.41) is 0. The predicted molar refractivity (Wildman–Crippen MR) is 137 cm³/mol. The van der Waals surface area contributed by atoms with Crippen molar-refractivity contribution in [3.8, 4) is 23.0 Å². The number of hydrogen-bond donors (Lipinski definition) is 0. The lowest BCUT2D eigenvalue weighted by atomic mass is 9.95. The molecule has 1 aromatic heterocycles. The van der Waals surface area contributed by atoms with Gasteiger partial charge in [-0.15, -0.1) is 0 Å². The molecule has 3 heterocycles. The Morgan fingerprint density at radius 2 is 1.92 bits per heavy atom. The van der Waals surface area contributed by atoms with Crippen molar-refractivity contribution in [2.24, 2.45) is 4.99 Å². The van der Waals surface area contributed by atoms with E-state index < -0.39 is 12.0 Å². The molecule has 192 valence electrons. The highest BCUT2D eigenvalue weighted by molar-refractivity contribution is 7.07. The summed E-state index contributed by atoms with van der Waals surface area (Å²) >= 11 is 1.25. The Bertz CT molecular complexity index is 1620. The fourth-order valence-corrected chi connectivity index (χ4v) is 5.52. The second kappa shape index (κ2) is 9.78. The zero-order valence-electron chi connectivity index (χ0n) is 21.1. The van der Waals surface area contributed by atoms with E-state index in [0.717, 1.165) is 11.1 Å². The van der Waals surface area contributed by atoms with Crippen LogP contribution in [0.15, 0.2) is 51.4 Å². The van der Waals surface area contributed by atoms with Crippen LogP contribution in [0, 0.1) is 6.92 Å². The van der Waals surface area contributed by atoms with Crippen LogP contribution >= 0.6 is 11.3 Å². The van der Waals surface area contributed by atoms with Crippen LogP contribution in [0.2, 0.25) is 0 Å². The topological polar surface area (TPSA) is 97.6 Å². The number of ether oxygens (including phenoxy) is 5. The molecule has 2 aliphatic heterocycles. The van der Waals surface area contributed by atoms with Crippen LogP contribution in [0.1, 0.15) is 36.6 Å². The Hall–Kier alpha value is -4.05. The number of aryl methyl sites for hydroxylation is 1. The van der Waals surface area contributed by atoms with Gasteiger partial charge in [-0.3, -0.25) is 9.36 Å². The van der Waals surface area contributed by atoms with Crippen molar-refractivity contribution < 1.29 is 28.5 Å². The van der Waals surface area contributed by atoms with E-state index in [4.69, 9.17) is 23.7 Å². The number of aromatic nitrogens is 1. The number of carbonyl (C=O) groups excluding carboxylic acids is 1. The van der Waals surface area contributed by atoms with Gasteiger partial charge >= 0.3 is 5.97 Å². The van der Waals surface area contributed by atoms with Crippen molar-refractivity contribution in [1.29, 1.82) is 0 Å². The van der Waals surface area contributed by atoms with E-state index >= 15 is 0 Å². The van der Waals surface area contributed by atoms with Crippen molar-refractivity contribution in [3.05, 3.63) is 78.0 Å². The van der Waals surface area contributed by atoms with Crippen LogP contribution in [-0.4, -0.2) is 38.2 Å². The third-order valence-electron chi connectivity index (χ3n) is 6.30. The summed E-state index contributed by atoms with van der Waals surface area (Å²) in [4.78, 5) is 32.1. The Kier molecular flexibility index (Phi) is 6.51. The maximum atomic E-state index is 13.9. The minimum atomic E-state index is -0.795. The number of fused-ring (bicyclic) bond motifs is 2. The minimum Gasteiger partial charge on any atom is -0.497 e. The largest absolute Gasteiger partial charge is 0.497 e. The van der Waals surface area contributed by atoms with Gasteiger partial charge in [-0.1, -0.05) is 11.3 Å². The van der Waals surface area contributed by atoms with Crippen LogP contribution in [-0.2, 0) is 9.53 Å². The normalized spacial score (nSPS) is 16.4. The fraction of sp³-hybridized carbons (Fsp3) is 0.296. The molecule has 0 radical (unpaired) electrons. The molecule has 0 aliphatic carbocycles. The first-order valence-corrected chi connectivity index (χ1v) is 12.5. The molecule has 10 heteroatoms. The quantitative estimate of drug-likeness (QED) is 0.459. The third-order valence-corrected chi connectivity index (χ3v) is 7.28. The van der Waals surface area contributed by atoms with Crippen LogP contribution in [0.25, 0.3) is 6.08 Å². The van der Waals surface area contributed by atoms with Gasteiger partial charge in [0.05, 0.1) is 36.6 Å². The summed E-state index contributed by atoms with van der Waals surface area (Å²) in [7, 11) is 3.09. The standard InChI is InChI=1S/C27H26N2O7S/c1-6-34-26(31)23-15(3)28-27-29(24(23)18-8-7-17(32-4)12-19(18)33-5)25(30)22(37-27)11-16-10-21-20(9-14(16)2)35-13-36-21/h7-12,24H,6,13H2,1-5H3. The van der Waals surface area contributed by atoms with Gasteiger partial charge in [0, 0.05) is 11.6 Å². The zero-order chi connectivity index (χ0) is 26.3. The Morgan fingerprint density at radius 1 is 1.16 bits per heavy atom. The molecule has 0 bridgehead atoms. The number of rotatable bonds is 6. The Labute approximate surface area is 216 Å². The molecule has 0 fully saturated rings. The van der Waals surface area contributed by atoms with Gasteiger partial charge < -0.3 is 23.7 Å². The molecule has 9 nitrogen and oxygen atoms in total. The molecule has 5 rings (SSSR count). The molecule has 3 aromatic rings. The number of methoxy groups -OCH3 is 2. The summed E-state index contributed by atoms with van der Waals surface area (Å²) < 4.78 is 29.3. The average Bonchev–Trinajstić information content (AvgIpc) is 3.46. The second-order valence-electron chi connectivity index (χ2n) is 8.47. The highest BCUT2D eigenvalue weighted by atomic mass is 32.1. The predicted octanol–water partition coefficient (Wildman–Crippen LogP) is 2.85. The highest BCUT2D eigenvalue weighted by Gasteiger charge is 2.35. The summed E-state index contributed by atoms with van der Waals surface area (Å²) in [6.07, 6.45) is 1.81. The van der Waals surface area contributed by atoms with Crippen LogP contribution in [0.5, 0.6) is 23.0 Å². The molecule has 1 unspecified atom stereocenters. The smallest absolute Gasteiger partial charge is 0.338 e. The van der Waals surface area contributed by atoms with E-state index in [1.165, 1.54) is 23.0 Å². The minimum absolute atomic E-state index is 0.167. The summed E-state index contributed by atoms with van der Waals surface area (Å²) in [6.45, 7) is 5.78. The molecule has 37 heavy (non-hydrogen) atoms. The maximum Gasteiger partial charge on any atom is 0.338 e. The molecule has 0 spiro atoms. The highest BCUT2D eigenvalue weighted by Crippen LogP contribution is 2.38. The molecule has 0 amide bonds. The van der Waals surface area contributed by atoms with Crippen molar-refractivity contribution in [1.82, 2.24) is 4.57 Å². The van der Waals surface area contributed by atoms with Crippen molar-refractivity contribution >= 4 is 23.4 Å². The van der Waals surface area contributed by atoms with Gasteiger partial charge in [0.25, 0.3) is 5.56 Å². The number of nitrogens with zero attached hydrogens (tertiary/aromatic N) is 2. The molecule has 1 atom stereocenters. The van der Waals surface area contributed by atoms with Crippen LogP contribution < -0.4 is 33.8 Å². The number of hydrogen-bond acceptors (Lipinski definition) is 9. The van der Waals surface area contributed by atoms with Gasteiger partial charge in [0.1, 0.15) is 17.5 Å². The maximum absolute atomic E-state index is 13.9. The van der Waals surface area contributed by atoms with E-state index in [0.29, 0.717) is 43.6 Å². The lowest BCUT2D eigenvalue weighted by Gasteiger charge is -2.26. The molecule has 2 aromatic carbocycles. The molecule has 0 saturated carbocycles. The number of carbonyl (C=O) groups is 1. The SMILES string of the molecule is CCOC(=O)C1=C(C)N=c2sc(=Cc3cc4c(cc3C)OCO4)c(=O)n2C1c1ccc(OC)cc1OC. The van der Waals surface area contributed by atoms with E-state index in [2.05, 4.69) is 4.99 Å². The monoisotopic (exact) mass is 522 g/mol. The molecule has 0 N–H and O–H groups in total. The number of thiazole rings is 1. The lowest BCUT2D eigenvalue weighted by molar-refractivity contribution is -0.139. The molecule has 0 saturated heterocycles. The van der Waals surface area contributed by atoms with E-state index in [9.17, 15) is 9.59 Å². The zero-order valence-corrected chi connectivity index (χ0v) is 21.9.